The molecule has 0 bridgehead atoms. The van der Waals surface area contributed by atoms with Crippen molar-refractivity contribution in [3.8, 4) is 0 Å². The van der Waals surface area contributed by atoms with Crippen molar-refractivity contribution in [3.63, 3.8) is 0 Å². The van der Waals surface area contributed by atoms with Gasteiger partial charge in [0, 0.05) is 44.8 Å². The van der Waals surface area contributed by atoms with Gasteiger partial charge >= 0.3 is 0 Å². The first-order chi connectivity index (χ1) is 19.3. The van der Waals surface area contributed by atoms with E-state index in [1.165, 1.54) is 15.7 Å². The van der Waals surface area contributed by atoms with Crippen LogP contribution in [0.2, 0.25) is 0 Å². The average Bonchev–Trinajstić information content (AvgIpc) is 2.99. The van der Waals surface area contributed by atoms with Crippen molar-refractivity contribution in [2.75, 3.05) is 20.1 Å². The van der Waals surface area contributed by atoms with Gasteiger partial charge in [-0.1, -0.05) is 61.5 Å². The maximum absolute atomic E-state index is 13.7. The van der Waals surface area contributed by atoms with Crippen molar-refractivity contribution < 1.29 is 14.4 Å². The van der Waals surface area contributed by atoms with E-state index in [0.717, 1.165) is 18.4 Å². The number of amides is 3. The lowest BCUT2D eigenvalue weighted by Gasteiger charge is -2.42. The van der Waals surface area contributed by atoms with Crippen LogP contribution in [0.1, 0.15) is 65.6 Å². The Bertz CT molecular complexity index is 1400. The standard InChI is InChI=1S/C30H33N3O3.C2H5NO/c1-30(21-9-4-3-5-10-21)17-14-24(23-11-6-7-13-26(23)30)29(36)33-19-15-22(16-20-33)31-27(34)25-12-8-18-32(2)28(25)35;1-3-2-4/h3-13,18,22,24H,14-17,19-20H2,1-2H3,(H,31,34);2H,1H3,(H,3,4)/t24-,30-;/m0./s1. The van der Waals surface area contributed by atoms with Gasteiger partial charge in [0.05, 0.1) is 5.92 Å². The Morgan fingerprint density at radius 2 is 1.60 bits per heavy atom. The predicted octanol–water partition coefficient (Wildman–Crippen LogP) is 3.35. The summed E-state index contributed by atoms with van der Waals surface area (Å²) in [7, 11) is 3.20. The lowest BCUT2D eigenvalue weighted by atomic mass is 9.64. The number of fused-ring (bicyclic) bond motifs is 1. The second-order valence-electron chi connectivity index (χ2n) is 10.7. The molecule has 210 valence electrons. The summed E-state index contributed by atoms with van der Waals surface area (Å²) in [6, 6.07) is 22.2. The third kappa shape index (κ3) is 6.01. The van der Waals surface area contributed by atoms with Gasteiger partial charge in [0.2, 0.25) is 12.3 Å². The van der Waals surface area contributed by atoms with E-state index in [2.05, 4.69) is 60.0 Å². The van der Waals surface area contributed by atoms with Crippen LogP contribution in [0.15, 0.2) is 77.7 Å². The summed E-state index contributed by atoms with van der Waals surface area (Å²) >= 11 is 0. The highest BCUT2D eigenvalue weighted by Gasteiger charge is 2.41. The maximum atomic E-state index is 13.7. The second-order valence-corrected chi connectivity index (χ2v) is 10.7. The minimum absolute atomic E-state index is 0.0496. The zero-order chi connectivity index (χ0) is 28.7. The zero-order valence-electron chi connectivity index (χ0n) is 23.4. The molecular weight excluding hydrogens is 504 g/mol. The van der Waals surface area contributed by atoms with Gasteiger partial charge in [0.25, 0.3) is 11.5 Å². The molecule has 2 aromatic carbocycles. The van der Waals surface area contributed by atoms with Crippen LogP contribution in [0.3, 0.4) is 0 Å². The summed E-state index contributed by atoms with van der Waals surface area (Å²) in [5.74, 6) is -0.307. The molecule has 2 aliphatic rings. The molecule has 1 aromatic heterocycles. The molecule has 8 nitrogen and oxygen atoms in total. The lowest BCUT2D eigenvalue weighted by molar-refractivity contribution is -0.134. The monoisotopic (exact) mass is 542 g/mol. The molecule has 1 saturated heterocycles. The first kappa shape index (κ1) is 28.8. The summed E-state index contributed by atoms with van der Waals surface area (Å²) in [5, 5.41) is 5.25. The van der Waals surface area contributed by atoms with Crippen LogP contribution in [0.4, 0.5) is 0 Å². The van der Waals surface area contributed by atoms with Gasteiger partial charge in [-0.15, -0.1) is 0 Å². The third-order valence-corrected chi connectivity index (χ3v) is 8.20. The molecule has 0 spiro atoms. The van der Waals surface area contributed by atoms with Gasteiger partial charge in [0.1, 0.15) is 5.56 Å². The number of benzene rings is 2. The van der Waals surface area contributed by atoms with Gasteiger partial charge in [-0.25, -0.2) is 0 Å². The quantitative estimate of drug-likeness (QED) is 0.483. The normalized spacial score (nSPS) is 20.4. The first-order valence-electron chi connectivity index (χ1n) is 13.8. The first-order valence-corrected chi connectivity index (χ1v) is 13.8. The number of hydrogen-bond acceptors (Lipinski definition) is 4. The van der Waals surface area contributed by atoms with E-state index in [1.807, 2.05) is 17.0 Å². The average molecular weight is 543 g/mol. The van der Waals surface area contributed by atoms with E-state index in [0.29, 0.717) is 32.3 Å². The molecule has 40 heavy (non-hydrogen) atoms. The number of carbonyl (C=O) groups excluding carboxylic acids is 3. The molecule has 5 rings (SSSR count). The second kappa shape index (κ2) is 12.8. The molecule has 2 N–H and O–H groups in total. The molecule has 1 aliphatic heterocycles. The fraction of sp³-hybridized carbons (Fsp3) is 0.375. The molecule has 2 atom stereocenters. The van der Waals surface area contributed by atoms with Crippen molar-refractivity contribution in [2.45, 2.75) is 50.0 Å². The smallest absolute Gasteiger partial charge is 0.263 e. The van der Waals surface area contributed by atoms with Gasteiger partial charge in [0.15, 0.2) is 0 Å². The number of piperidine rings is 1. The molecule has 0 saturated carbocycles. The van der Waals surface area contributed by atoms with E-state index < -0.39 is 0 Å². The molecular formula is C32H38N4O4. The van der Waals surface area contributed by atoms with Crippen molar-refractivity contribution in [3.05, 3.63) is 106 Å². The number of aromatic nitrogens is 1. The van der Waals surface area contributed by atoms with E-state index in [9.17, 15) is 14.4 Å². The van der Waals surface area contributed by atoms with Gasteiger partial charge in [-0.3, -0.25) is 19.2 Å². The highest BCUT2D eigenvalue weighted by molar-refractivity contribution is 5.94. The predicted molar refractivity (Wildman–Crippen MR) is 155 cm³/mol. The van der Waals surface area contributed by atoms with E-state index >= 15 is 0 Å². The molecule has 3 amide bonds. The highest BCUT2D eigenvalue weighted by atomic mass is 16.2. The Morgan fingerprint density at radius 3 is 2.27 bits per heavy atom. The molecule has 2 heterocycles. The number of rotatable bonds is 5. The van der Waals surface area contributed by atoms with Gasteiger partial charge < -0.3 is 20.1 Å². The van der Waals surface area contributed by atoms with Crippen LogP contribution in [-0.4, -0.2) is 53.9 Å². The van der Waals surface area contributed by atoms with Crippen LogP contribution in [0.25, 0.3) is 0 Å². The van der Waals surface area contributed by atoms with Crippen LogP contribution >= 0.6 is 0 Å². The molecule has 8 heteroatoms. The van der Waals surface area contributed by atoms with E-state index in [-0.39, 0.29) is 40.3 Å². The van der Waals surface area contributed by atoms with Crippen LogP contribution in [-0.2, 0) is 22.1 Å². The van der Waals surface area contributed by atoms with Crippen LogP contribution in [0, 0.1) is 0 Å². The number of nitrogens with zero attached hydrogens (tertiary/aromatic N) is 2. The topological polar surface area (TPSA) is 101 Å². The molecule has 0 unspecified atom stereocenters. The largest absolute Gasteiger partial charge is 0.362 e. The van der Waals surface area contributed by atoms with Crippen molar-refractivity contribution in [1.82, 2.24) is 20.1 Å². The van der Waals surface area contributed by atoms with Crippen molar-refractivity contribution >= 4 is 18.2 Å². The summed E-state index contributed by atoms with van der Waals surface area (Å²) in [4.78, 5) is 49.6. The minimum atomic E-state index is -0.345. The fourth-order valence-corrected chi connectivity index (χ4v) is 5.89. The number of hydrogen-bond donors (Lipinski definition) is 2. The Labute approximate surface area is 235 Å². The van der Waals surface area contributed by atoms with Crippen molar-refractivity contribution in [2.24, 2.45) is 7.05 Å². The summed E-state index contributed by atoms with van der Waals surface area (Å²) in [6.45, 7) is 3.49. The summed E-state index contributed by atoms with van der Waals surface area (Å²) < 4.78 is 1.40. The van der Waals surface area contributed by atoms with Crippen LogP contribution in [0.5, 0.6) is 0 Å². The Kier molecular flexibility index (Phi) is 9.19. The lowest BCUT2D eigenvalue weighted by Crippen LogP contribution is -2.49. The molecule has 1 aliphatic carbocycles. The fourth-order valence-electron chi connectivity index (χ4n) is 5.89. The molecule has 3 aromatic rings. The number of pyridine rings is 1. The SMILES string of the molecule is CNC=O.Cn1cccc(C(=O)NC2CCN(C(=O)[C@H]3CC[C@@](C)(c4ccccc4)c4ccccc43)CC2)c1=O. The Hall–Kier alpha value is -4.20. The van der Waals surface area contributed by atoms with Gasteiger partial charge in [-0.05, 0) is 54.5 Å². The number of aryl methyl sites for hydroxylation is 1. The van der Waals surface area contributed by atoms with Crippen molar-refractivity contribution in [1.29, 1.82) is 0 Å². The Balaban J connectivity index is 0.000000867. The number of nitrogens with one attached hydrogen (secondary N) is 2. The van der Waals surface area contributed by atoms with Crippen LogP contribution < -0.4 is 16.2 Å². The Morgan fingerprint density at radius 1 is 0.950 bits per heavy atom. The minimum Gasteiger partial charge on any atom is -0.362 e. The highest BCUT2D eigenvalue weighted by Crippen LogP contribution is 2.47. The summed E-state index contributed by atoms with van der Waals surface area (Å²) in [6.07, 6.45) is 5.36. The number of carbonyl (C=O) groups is 3. The molecule has 0 radical (unpaired) electrons. The van der Waals surface area contributed by atoms with Gasteiger partial charge in [-0.2, -0.15) is 0 Å². The number of likely N-dealkylation sites (tertiary alicyclic amines) is 1. The maximum Gasteiger partial charge on any atom is 0.263 e. The van der Waals surface area contributed by atoms with E-state index in [1.54, 1.807) is 32.4 Å². The zero-order valence-corrected chi connectivity index (χ0v) is 23.4. The van der Waals surface area contributed by atoms with E-state index in [4.69, 9.17) is 4.79 Å². The third-order valence-electron chi connectivity index (χ3n) is 8.20. The summed E-state index contributed by atoms with van der Waals surface area (Å²) in [5.41, 5.74) is 3.40. The molecule has 1 fully saturated rings.